The van der Waals surface area contributed by atoms with Gasteiger partial charge in [0.15, 0.2) is 0 Å². The number of carbonyl (C=O) groups is 1. The van der Waals surface area contributed by atoms with Gasteiger partial charge in [-0.1, -0.05) is 6.07 Å². The molecule has 7 heteroatoms. The van der Waals surface area contributed by atoms with Gasteiger partial charge in [0.05, 0.1) is 5.69 Å². The van der Waals surface area contributed by atoms with Crippen molar-refractivity contribution >= 4 is 17.2 Å². The summed E-state index contributed by atoms with van der Waals surface area (Å²) in [5.41, 5.74) is 1.45. The second-order valence-electron chi connectivity index (χ2n) is 6.19. The Labute approximate surface area is 145 Å². The maximum absolute atomic E-state index is 12.4. The molecule has 0 saturated carbocycles. The van der Waals surface area contributed by atoms with Crippen molar-refractivity contribution in [2.45, 2.75) is 39.8 Å². The van der Waals surface area contributed by atoms with Crippen LogP contribution in [0.4, 0.5) is 0 Å². The van der Waals surface area contributed by atoms with E-state index in [1.807, 2.05) is 26.8 Å². The van der Waals surface area contributed by atoms with Crippen molar-refractivity contribution in [1.82, 2.24) is 14.9 Å². The molecule has 0 aliphatic heterocycles. The lowest BCUT2D eigenvalue weighted by atomic mass is 10.1. The van der Waals surface area contributed by atoms with E-state index in [2.05, 4.69) is 10.3 Å². The number of hydrogen-bond acceptors (Lipinski definition) is 5. The Morgan fingerprint density at radius 1 is 1.38 bits per heavy atom. The number of amides is 1. The van der Waals surface area contributed by atoms with Crippen molar-refractivity contribution < 1.29 is 9.53 Å². The molecule has 0 spiro atoms. The maximum Gasteiger partial charge on any atom is 0.263 e. The largest absolute Gasteiger partial charge is 0.372 e. The van der Waals surface area contributed by atoms with Crippen molar-refractivity contribution in [2.75, 3.05) is 7.11 Å². The fourth-order valence-corrected chi connectivity index (χ4v) is 3.19. The van der Waals surface area contributed by atoms with Crippen molar-refractivity contribution in [3.8, 4) is 0 Å². The first-order chi connectivity index (χ1) is 11.2. The van der Waals surface area contributed by atoms with Gasteiger partial charge in [0, 0.05) is 32.0 Å². The summed E-state index contributed by atoms with van der Waals surface area (Å²) in [6.07, 6.45) is 0. The van der Waals surface area contributed by atoms with Crippen molar-refractivity contribution in [3.63, 3.8) is 0 Å². The van der Waals surface area contributed by atoms with Crippen LogP contribution in [0, 0.1) is 13.8 Å². The summed E-state index contributed by atoms with van der Waals surface area (Å²) in [4.78, 5) is 29.6. The number of thiazole rings is 1. The molecule has 0 aliphatic carbocycles. The maximum atomic E-state index is 12.4. The Morgan fingerprint density at radius 2 is 2.04 bits per heavy atom. The molecular formula is C17H23N3O3S. The van der Waals surface area contributed by atoms with E-state index in [-0.39, 0.29) is 18.0 Å². The van der Waals surface area contributed by atoms with E-state index in [1.54, 1.807) is 31.7 Å². The summed E-state index contributed by atoms with van der Waals surface area (Å²) in [5.74, 6) is -0.231. The fraction of sp³-hybridized carbons (Fsp3) is 0.471. The van der Waals surface area contributed by atoms with Gasteiger partial charge in [-0.15, -0.1) is 11.3 Å². The number of ether oxygens (including phenoxy) is 1. The number of aromatic nitrogens is 2. The average molecular weight is 349 g/mol. The lowest BCUT2D eigenvalue weighted by molar-refractivity contribution is 0.0189. The predicted molar refractivity (Wildman–Crippen MR) is 94.5 cm³/mol. The van der Waals surface area contributed by atoms with Gasteiger partial charge in [0.2, 0.25) is 0 Å². The van der Waals surface area contributed by atoms with E-state index in [9.17, 15) is 9.59 Å². The first kappa shape index (κ1) is 18.4. The first-order valence-electron chi connectivity index (χ1n) is 7.64. The third-order valence-corrected chi connectivity index (χ3v) is 5.56. The van der Waals surface area contributed by atoms with Crippen molar-refractivity contribution in [2.24, 2.45) is 7.05 Å². The van der Waals surface area contributed by atoms with E-state index in [1.165, 1.54) is 11.3 Å². The van der Waals surface area contributed by atoms with Gasteiger partial charge >= 0.3 is 0 Å². The molecule has 2 aromatic heterocycles. The van der Waals surface area contributed by atoms with E-state index < -0.39 is 5.60 Å². The number of rotatable bonds is 5. The van der Waals surface area contributed by atoms with Crippen LogP contribution >= 0.6 is 11.3 Å². The number of hydrogen-bond donors (Lipinski definition) is 1. The summed E-state index contributed by atoms with van der Waals surface area (Å²) in [6.45, 7) is 7.66. The second-order valence-corrected chi connectivity index (χ2v) is 7.19. The first-order valence-corrected chi connectivity index (χ1v) is 8.45. The Bertz CT molecular complexity index is 821. The molecule has 6 nitrogen and oxygen atoms in total. The molecule has 0 radical (unpaired) electrons. The van der Waals surface area contributed by atoms with Gasteiger partial charge in [-0.25, -0.2) is 4.98 Å². The lowest BCUT2D eigenvalue weighted by Crippen LogP contribution is -2.29. The lowest BCUT2D eigenvalue weighted by Gasteiger charge is -2.19. The Kier molecular flexibility index (Phi) is 5.25. The van der Waals surface area contributed by atoms with E-state index in [0.717, 1.165) is 10.7 Å². The van der Waals surface area contributed by atoms with Crippen LogP contribution in [0.2, 0.25) is 0 Å². The number of pyridine rings is 1. The Morgan fingerprint density at radius 3 is 2.67 bits per heavy atom. The van der Waals surface area contributed by atoms with E-state index in [4.69, 9.17) is 4.74 Å². The van der Waals surface area contributed by atoms with E-state index in [0.29, 0.717) is 16.1 Å². The SMILES string of the molecule is COC(C)(C)c1nc(C)c(C(=O)NCc2ccc(C)n(C)c2=O)s1. The highest BCUT2D eigenvalue weighted by Crippen LogP contribution is 2.30. The summed E-state index contributed by atoms with van der Waals surface area (Å²) in [6, 6.07) is 3.61. The smallest absolute Gasteiger partial charge is 0.263 e. The van der Waals surface area contributed by atoms with Crippen LogP contribution in [-0.2, 0) is 23.9 Å². The molecule has 0 saturated heterocycles. The van der Waals surface area contributed by atoms with Gasteiger partial charge in [0.1, 0.15) is 15.5 Å². The standard InChI is InChI=1S/C17H23N3O3S/c1-10-7-8-12(15(22)20(10)5)9-18-14(21)13-11(2)19-16(24-13)17(3,4)23-6/h7-8H,9H2,1-6H3,(H,18,21). The Balaban J connectivity index is 2.17. The Hall–Kier alpha value is -1.99. The topological polar surface area (TPSA) is 73.2 Å². The van der Waals surface area contributed by atoms with Crippen LogP contribution in [0.3, 0.4) is 0 Å². The molecule has 2 rings (SSSR count). The number of methoxy groups -OCH3 is 1. The zero-order chi connectivity index (χ0) is 18.1. The molecule has 0 atom stereocenters. The highest BCUT2D eigenvalue weighted by molar-refractivity contribution is 7.14. The van der Waals surface area contributed by atoms with Crippen LogP contribution in [0.25, 0.3) is 0 Å². The molecule has 0 unspecified atom stereocenters. The highest BCUT2D eigenvalue weighted by Gasteiger charge is 2.27. The minimum absolute atomic E-state index is 0.0995. The molecule has 1 N–H and O–H groups in total. The molecule has 130 valence electrons. The number of carbonyl (C=O) groups excluding carboxylic acids is 1. The molecule has 0 aromatic carbocycles. The fourth-order valence-electron chi connectivity index (χ4n) is 2.12. The molecule has 0 aliphatic rings. The van der Waals surface area contributed by atoms with Gasteiger partial charge in [-0.2, -0.15) is 0 Å². The van der Waals surface area contributed by atoms with Crippen molar-refractivity contribution in [1.29, 1.82) is 0 Å². The molecule has 2 aromatic rings. The molecule has 0 bridgehead atoms. The van der Waals surface area contributed by atoms with Crippen LogP contribution < -0.4 is 10.9 Å². The molecule has 1 amide bonds. The minimum atomic E-state index is -0.541. The summed E-state index contributed by atoms with van der Waals surface area (Å²) in [5, 5.41) is 3.55. The van der Waals surface area contributed by atoms with Crippen LogP contribution in [0.15, 0.2) is 16.9 Å². The number of nitrogens with one attached hydrogen (secondary N) is 1. The summed E-state index contributed by atoms with van der Waals surface area (Å²) in [7, 11) is 3.33. The minimum Gasteiger partial charge on any atom is -0.372 e. The average Bonchev–Trinajstić information content (AvgIpc) is 2.94. The van der Waals surface area contributed by atoms with Crippen LogP contribution in [0.1, 0.15) is 45.5 Å². The molecule has 0 fully saturated rings. The van der Waals surface area contributed by atoms with Gasteiger partial charge in [-0.3, -0.25) is 9.59 Å². The summed E-state index contributed by atoms with van der Waals surface area (Å²) >= 11 is 1.31. The third kappa shape index (κ3) is 3.57. The monoisotopic (exact) mass is 349 g/mol. The zero-order valence-corrected chi connectivity index (χ0v) is 15.7. The van der Waals surface area contributed by atoms with Gasteiger partial charge < -0.3 is 14.6 Å². The van der Waals surface area contributed by atoms with Crippen molar-refractivity contribution in [3.05, 3.63) is 49.3 Å². The summed E-state index contributed by atoms with van der Waals surface area (Å²) < 4.78 is 6.98. The van der Waals surface area contributed by atoms with E-state index >= 15 is 0 Å². The zero-order valence-electron chi connectivity index (χ0n) is 14.9. The molecule has 24 heavy (non-hydrogen) atoms. The molecular weight excluding hydrogens is 326 g/mol. The van der Waals surface area contributed by atoms with Crippen LogP contribution in [-0.4, -0.2) is 22.6 Å². The number of aryl methyl sites for hydroxylation is 2. The van der Waals surface area contributed by atoms with Gasteiger partial charge in [0.25, 0.3) is 11.5 Å². The quantitative estimate of drug-likeness (QED) is 0.899. The highest BCUT2D eigenvalue weighted by atomic mass is 32.1. The normalized spacial score (nSPS) is 11.6. The third-order valence-electron chi connectivity index (χ3n) is 4.10. The second kappa shape index (κ2) is 6.86. The van der Waals surface area contributed by atoms with Gasteiger partial charge in [-0.05, 0) is 33.8 Å². The predicted octanol–water partition coefficient (Wildman–Crippen LogP) is 2.27. The number of nitrogens with zero attached hydrogens (tertiary/aromatic N) is 2. The molecule has 2 heterocycles. The van der Waals surface area contributed by atoms with Crippen LogP contribution in [0.5, 0.6) is 0 Å².